The van der Waals surface area contributed by atoms with Gasteiger partial charge in [0.05, 0.1) is 12.1 Å². The molecule has 5 nitrogen and oxygen atoms in total. The highest BCUT2D eigenvalue weighted by atomic mass is 32.1. The Morgan fingerprint density at radius 3 is 2.84 bits per heavy atom. The molecule has 3 atom stereocenters. The van der Waals surface area contributed by atoms with Gasteiger partial charge in [-0.05, 0) is 55.0 Å². The van der Waals surface area contributed by atoms with E-state index in [0.29, 0.717) is 18.2 Å². The summed E-state index contributed by atoms with van der Waals surface area (Å²) in [5.74, 6) is 0.667. The van der Waals surface area contributed by atoms with Gasteiger partial charge in [-0.1, -0.05) is 6.07 Å². The molecule has 0 spiro atoms. The zero-order valence-corrected chi connectivity index (χ0v) is 14.5. The van der Waals surface area contributed by atoms with E-state index in [1.165, 1.54) is 4.88 Å². The molecule has 4 rings (SSSR count). The second kappa shape index (κ2) is 6.77. The largest absolute Gasteiger partial charge is 0.488 e. The Labute approximate surface area is 150 Å². The first kappa shape index (κ1) is 16.0. The third-order valence-corrected chi connectivity index (χ3v) is 5.90. The van der Waals surface area contributed by atoms with E-state index in [2.05, 4.69) is 11.5 Å². The summed E-state index contributed by atoms with van der Waals surface area (Å²) in [6.07, 6.45) is 5.18. The maximum absolute atomic E-state index is 12.5. The fourth-order valence-electron chi connectivity index (χ4n) is 3.80. The molecule has 2 aliphatic heterocycles. The van der Waals surface area contributed by atoms with Crippen LogP contribution >= 0.6 is 11.3 Å². The van der Waals surface area contributed by atoms with E-state index in [4.69, 9.17) is 4.74 Å². The van der Waals surface area contributed by atoms with Crippen molar-refractivity contribution in [2.75, 3.05) is 0 Å². The normalized spacial score (nSPS) is 24.1. The summed E-state index contributed by atoms with van der Waals surface area (Å²) < 4.78 is 5.72. The summed E-state index contributed by atoms with van der Waals surface area (Å²) in [5, 5.41) is 14.3. The molecule has 2 aromatic rings. The first-order chi connectivity index (χ1) is 12.2. The molecule has 0 saturated carbocycles. The van der Waals surface area contributed by atoms with Crippen LogP contribution in [0.4, 0.5) is 0 Å². The Hall–Kier alpha value is -2.52. The van der Waals surface area contributed by atoms with Gasteiger partial charge in [-0.2, -0.15) is 5.26 Å². The van der Waals surface area contributed by atoms with Crippen molar-refractivity contribution in [1.82, 2.24) is 10.2 Å². The van der Waals surface area contributed by atoms with Gasteiger partial charge in [0.2, 0.25) is 0 Å². The minimum atomic E-state index is -0.0831. The second-order valence-corrected chi connectivity index (χ2v) is 7.55. The van der Waals surface area contributed by atoms with Gasteiger partial charge in [0.1, 0.15) is 12.4 Å². The predicted octanol–water partition coefficient (Wildman–Crippen LogP) is 3.14. The lowest BCUT2D eigenvalue weighted by molar-refractivity contribution is 0.0928. The number of hydrogen-bond acceptors (Lipinski definition) is 5. The van der Waals surface area contributed by atoms with Crippen molar-refractivity contribution >= 4 is 17.2 Å². The van der Waals surface area contributed by atoms with Crippen LogP contribution < -0.4 is 10.1 Å². The second-order valence-electron chi connectivity index (χ2n) is 6.51. The number of carbonyl (C=O) groups excluding carboxylic acids is 1. The first-order valence-corrected chi connectivity index (χ1v) is 9.37. The van der Waals surface area contributed by atoms with Gasteiger partial charge in [-0.3, -0.25) is 4.79 Å². The Balaban J connectivity index is 1.34. The zero-order chi connectivity index (χ0) is 17.2. The van der Waals surface area contributed by atoms with Crippen LogP contribution in [0.2, 0.25) is 0 Å². The van der Waals surface area contributed by atoms with E-state index in [1.54, 1.807) is 23.5 Å². The maximum atomic E-state index is 12.5. The third kappa shape index (κ3) is 3.20. The molecule has 2 aliphatic rings. The van der Waals surface area contributed by atoms with Crippen LogP contribution in [0, 0.1) is 11.5 Å². The number of rotatable bonds is 5. The lowest BCUT2D eigenvalue weighted by Crippen LogP contribution is -2.43. The van der Waals surface area contributed by atoms with Crippen LogP contribution in [0.25, 0.3) is 0 Å². The predicted molar refractivity (Wildman–Crippen MR) is 95.2 cm³/mol. The van der Waals surface area contributed by atoms with Crippen molar-refractivity contribution in [2.24, 2.45) is 0 Å². The molecule has 2 fully saturated rings. The molecule has 2 saturated heterocycles. The van der Waals surface area contributed by atoms with Crippen molar-refractivity contribution in [2.45, 2.75) is 44.0 Å². The number of nitrogens with one attached hydrogen (secondary N) is 1. The van der Waals surface area contributed by atoms with Crippen LogP contribution in [-0.4, -0.2) is 28.9 Å². The number of thiophene rings is 1. The van der Waals surface area contributed by atoms with E-state index in [0.717, 1.165) is 25.0 Å². The van der Waals surface area contributed by atoms with E-state index in [1.807, 2.05) is 34.5 Å². The molecule has 3 heterocycles. The first-order valence-electron chi connectivity index (χ1n) is 8.49. The highest BCUT2D eigenvalue weighted by Gasteiger charge is 2.46. The van der Waals surface area contributed by atoms with Gasteiger partial charge in [-0.25, -0.2) is 0 Å². The summed E-state index contributed by atoms with van der Waals surface area (Å²) in [7, 11) is 0. The number of carbonyl (C=O) groups is 1. The molecule has 0 aliphatic carbocycles. The van der Waals surface area contributed by atoms with Gasteiger partial charge < -0.3 is 15.0 Å². The molecule has 128 valence electrons. The highest BCUT2D eigenvalue weighted by Crippen LogP contribution is 2.37. The summed E-state index contributed by atoms with van der Waals surface area (Å²) >= 11 is 1.66. The number of hydrogen-bond donors (Lipinski definition) is 1. The molecule has 1 amide bonds. The van der Waals surface area contributed by atoms with Gasteiger partial charge in [0, 0.05) is 16.5 Å². The summed E-state index contributed by atoms with van der Waals surface area (Å²) in [5.41, 5.74) is 0.620. The number of ether oxygens (including phenoxy) is 1. The third-order valence-electron chi connectivity index (χ3n) is 5.05. The van der Waals surface area contributed by atoms with Gasteiger partial charge >= 0.3 is 0 Å². The van der Waals surface area contributed by atoms with Crippen LogP contribution in [0.15, 0.2) is 41.8 Å². The molecule has 0 radical (unpaired) electrons. The fourth-order valence-corrected chi connectivity index (χ4v) is 4.42. The van der Waals surface area contributed by atoms with Gasteiger partial charge in [0.25, 0.3) is 5.91 Å². The molecular weight excluding hydrogens is 334 g/mol. The van der Waals surface area contributed by atoms with Crippen molar-refractivity contribution in [3.8, 4) is 11.9 Å². The standard InChI is InChI=1S/C19H19N3O2S/c20-12-22-14-5-8-18(22)17(10-14)21-19(23)13-3-6-15(7-4-13)24-11-16-2-1-9-25-16/h1-4,6-7,9,14,17-18H,5,8,10-11H2,(H,21,23)/t14-,17+,18+/m0/s1. The average Bonchev–Trinajstić information content (AvgIpc) is 3.36. The fraction of sp³-hybridized carbons (Fsp3) is 0.368. The minimum absolute atomic E-state index is 0.0701. The number of fused-ring (bicyclic) bond motifs is 2. The Kier molecular flexibility index (Phi) is 4.33. The molecule has 1 N–H and O–H groups in total. The van der Waals surface area contributed by atoms with E-state index in [-0.39, 0.29) is 18.0 Å². The van der Waals surface area contributed by atoms with Crippen molar-refractivity contribution in [1.29, 1.82) is 5.26 Å². The molecule has 6 heteroatoms. The van der Waals surface area contributed by atoms with Crippen LogP contribution in [0.3, 0.4) is 0 Å². The van der Waals surface area contributed by atoms with Crippen LogP contribution in [-0.2, 0) is 6.61 Å². The number of nitriles is 1. The van der Waals surface area contributed by atoms with Gasteiger partial charge in [-0.15, -0.1) is 11.3 Å². The van der Waals surface area contributed by atoms with Crippen LogP contribution in [0.5, 0.6) is 5.75 Å². The summed E-state index contributed by atoms with van der Waals surface area (Å²) in [6.45, 7) is 0.540. The van der Waals surface area contributed by atoms with Crippen molar-refractivity contribution < 1.29 is 9.53 Å². The molecule has 0 unspecified atom stereocenters. The van der Waals surface area contributed by atoms with Crippen molar-refractivity contribution in [3.05, 3.63) is 52.2 Å². The molecule has 1 aromatic heterocycles. The number of amides is 1. The maximum Gasteiger partial charge on any atom is 0.251 e. The highest BCUT2D eigenvalue weighted by molar-refractivity contribution is 7.09. The SMILES string of the molecule is N#CN1[C@H]2CC[C@@H]1[C@H](NC(=O)c1ccc(OCc3cccs3)cc1)C2. The average molecular weight is 353 g/mol. The monoisotopic (exact) mass is 353 g/mol. The quantitative estimate of drug-likeness (QED) is 0.839. The number of benzene rings is 1. The molecule has 2 bridgehead atoms. The van der Waals surface area contributed by atoms with Gasteiger partial charge in [0.15, 0.2) is 6.19 Å². The summed E-state index contributed by atoms with van der Waals surface area (Å²) in [6, 6.07) is 11.8. The van der Waals surface area contributed by atoms with Crippen molar-refractivity contribution in [3.63, 3.8) is 0 Å². The zero-order valence-electron chi connectivity index (χ0n) is 13.7. The molecular formula is C19H19N3O2S. The Morgan fingerprint density at radius 2 is 2.16 bits per heavy atom. The smallest absolute Gasteiger partial charge is 0.251 e. The van der Waals surface area contributed by atoms with E-state index < -0.39 is 0 Å². The molecule has 25 heavy (non-hydrogen) atoms. The Bertz CT molecular complexity index is 782. The lowest BCUT2D eigenvalue weighted by Gasteiger charge is -2.21. The number of nitrogens with zero attached hydrogens (tertiary/aromatic N) is 2. The molecule has 1 aromatic carbocycles. The lowest BCUT2D eigenvalue weighted by atomic mass is 9.95. The topological polar surface area (TPSA) is 65.4 Å². The Morgan fingerprint density at radius 1 is 1.32 bits per heavy atom. The van der Waals surface area contributed by atoms with E-state index in [9.17, 15) is 10.1 Å². The van der Waals surface area contributed by atoms with E-state index >= 15 is 0 Å². The minimum Gasteiger partial charge on any atom is -0.488 e. The van der Waals surface area contributed by atoms with Crippen LogP contribution in [0.1, 0.15) is 34.5 Å². The summed E-state index contributed by atoms with van der Waals surface area (Å²) in [4.78, 5) is 15.5.